The van der Waals surface area contributed by atoms with Crippen molar-refractivity contribution in [2.75, 3.05) is 5.32 Å². The molecule has 0 saturated heterocycles. The predicted molar refractivity (Wildman–Crippen MR) is 89.8 cm³/mol. The minimum atomic E-state index is -3.50. The first kappa shape index (κ1) is 16.5. The van der Waals surface area contributed by atoms with Crippen molar-refractivity contribution in [2.45, 2.75) is 68.7 Å². The summed E-state index contributed by atoms with van der Waals surface area (Å²) in [7, 11) is -3.50. The molecule has 0 atom stereocenters. The second-order valence-corrected chi connectivity index (χ2v) is 8.24. The summed E-state index contributed by atoms with van der Waals surface area (Å²) < 4.78 is 28.2. The number of sulfonamides is 1. The van der Waals surface area contributed by atoms with Crippen LogP contribution in [0.2, 0.25) is 0 Å². The van der Waals surface area contributed by atoms with Crippen LogP contribution >= 0.6 is 0 Å². The molecule has 0 radical (unpaired) electrons. The zero-order valence-electron chi connectivity index (χ0n) is 13.3. The summed E-state index contributed by atoms with van der Waals surface area (Å²) in [6, 6.07) is 5.05. The summed E-state index contributed by atoms with van der Waals surface area (Å²) >= 11 is 0. The van der Waals surface area contributed by atoms with Crippen LogP contribution in [0.1, 0.15) is 56.9 Å². The van der Waals surface area contributed by atoms with Crippen LogP contribution in [0.3, 0.4) is 0 Å². The number of hydrogen-bond acceptors (Lipinski definition) is 3. The molecule has 3 rings (SSSR count). The first-order valence-electron chi connectivity index (χ1n) is 8.50. The molecule has 0 unspecified atom stereocenters. The molecule has 1 aromatic carbocycles. The molecule has 126 valence electrons. The summed E-state index contributed by atoms with van der Waals surface area (Å²) in [5.41, 5.74) is 1.64. The fourth-order valence-electron chi connectivity index (χ4n) is 3.40. The van der Waals surface area contributed by atoms with Crippen molar-refractivity contribution in [3.63, 3.8) is 0 Å². The lowest BCUT2D eigenvalue weighted by atomic mass is 10.1. The molecule has 1 saturated carbocycles. The number of nitrogens with one attached hydrogen (secondary N) is 2. The van der Waals surface area contributed by atoms with Gasteiger partial charge in [0.1, 0.15) is 0 Å². The summed E-state index contributed by atoms with van der Waals surface area (Å²) in [5.74, 6) is -0.00376. The minimum Gasteiger partial charge on any atom is -0.326 e. The second-order valence-electron chi connectivity index (χ2n) is 6.53. The van der Waals surface area contributed by atoms with E-state index < -0.39 is 10.0 Å². The maximum Gasteiger partial charge on any atom is 0.240 e. The molecule has 1 aliphatic heterocycles. The lowest BCUT2D eigenvalue weighted by molar-refractivity contribution is -0.116. The monoisotopic (exact) mass is 336 g/mol. The predicted octanol–water partition coefficient (Wildman–Crippen LogP) is 2.96. The minimum absolute atomic E-state index is 0.00376. The van der Waals surface area contributed by atoms with E-state index in [-0.39, 0.29) is 11.9 Å². The van der Waals surface area contributed by atoms with Crippen molar-refractivity contribution in [2.24, 2.45) is 0 Å². The Morgan fingerprint density at radius 1 is 1.00 bits per heavy atom. The lowest BCUT2D eigenvalue weighted by Gasteiger charge is -2.17. The van der Waals surface area contributed by atoms with E-state index in [2.05, 4.69) is 10.0 Å². The fraction of sp³-hybridized carbons (Fsp3) is 0.588. The largest absolute Gasteiger partial charge is 0.326 e. The number of rotatable bonds is 3. The Bertz CT molecular complexity index is 677. The maximum atomic E-state index is 12.7. The number of amides is 1. The van der Waals surface area contributed by atoms with Crippen molar-refractivity contribution >= 4 is 21.6 Å². The summed E-state index contributed by atoms with van der Waals surface area (Å²) in [5, 5.41) is 2.84. The van der Waals surface area contributed by atoms with Gasteiger partial charge in [0, 0.05) is 18.2 Å². The van der Waals surface area contributed by atoms with Crippen LogP contribution < -0.4 is 10.0 Å². The zero-order valence-corrected chi connectivity index (χ0v) is 14.1. The molecule has 1 aromatic rings. The zero-order chi connectivity index (χ0) is 16.3. The van der Waals surface area contributed by atoms with Gasteiger partial charge in [-0.1, -0.05) is 25.7 Å². The number of anilines is 1. The number of carbonyl (C=O) groups is 1. The highest BCUT2D eigenvalue weighted by atomic mass is 32.2. The van der Waals surface area contributed by atoms with E-state index in [0.29, 0.717) is 11.3 Å². The molecule has 0 aromatic heterocycles. The Kier molecular flexibility index (Phi) is 5.02. The van der Waals surface area contributed by atoms with E-state index in [4.69, 9.17) is 0 Å². The summed E-state index contributed by atoms with van der Waals surface area (Å²) in [6.45, 7) is 0. The van der Waals surface area contributed by atoms with E-state index in [1.54, 1.807) is 18.2 Å². The van der Waals surface area contributed by atoms with Crippen LogP contribution in [0, 0.1) is 0 Å². The number of benzene rings is 1. The van der Waals surface area contributed by atoms with Crippen LogP contribution in [0.15, 0.2) is 23.1 Å². The van der Waals surface area contributed by atoms with Crippen molar-refractivity contribution in [1.82, 2.24) is 4.72 Å². The van der Waals surface area contributed by atoms with E-state index in [0.717, 1.165) is 49.8 Å². The highest BCUT2D eigenvalue weighted by Gasteiger charge is 2.23. The normalized spacial score (nSPS) is 20.3. The van der Waals surface area contributed by atoms with Crippen LogP contribution in [-0.2, 0) is 21.2 Å². The van der Waals surface area contributed by atoms with Crippen molar-refractivity contribution in [3.05, 3.63) is 23.8 Å². The van der Waals surface area contributed by atoms with Gasteiger partial charge in [0.15, 0.2) is 0 Å². The molecule has 1 amide bonds. The number of aryl methyl sites for hydroxylation is 1. The van der Waals surface area contributed by atoms with Gasteiger partial charge in [-0.05, 0) is 49.4 Å². The van der Waals surface area contributed by atoms with Crippen molar-refractivity contribution < 1.29 is 13.2 Å². The third-order valence-corrected chi connectivity index (χ3v) is 6.21. The molecule has 2 aliphatic rings. The van der Waals surface area contributed by atoms with E-state index >= 15 is 0 Å². The van der Waals surface area contributed by atoms with E-state index in [1.165, 1.54) is 12.8 Å². The van der Waals surface area contributed by atoms with Crippen LogP contribution in [0.4, 0.5) is 5.69 Å². The molecular weight excluding hydrogens is 312 g/mol. The van der Waals surface area contributed by atoms with Crippen molar-refractivity contribution in [1.29, 1.82) is 0 Å². The second kappa shape index (κ2) is 7.01. The smallest absolute Gasteiger partial charge is 0.240 e. The van der Waals surface area contributed by atoms with Gasteiger partial charge in [0.2, 0.25) is 15.9 Å². The third-order valence-electron chi connectivity index (χ3n) is 4.69. The fourth-order valence-corrected chi connectivity index (χ4v) is 4.76. The van der Waals surface area contributed by atoms with Gasteiger partial charge < -0.3 is 5.32 Å². The number of fused-ring (bicyclic) bond motifs is 1. The highest BCUT2D eigenvalue weighted by molar-refractivity contribution is 7.89. The van der Waals surface area contributed by atoms with E-state index in [9.17, 15) is 13.2 Å². The molecule has 1 heterocycles. The van der Waals surface area contributed by atoms with Gasteiger partial charge in [0.25, 0.3) is 0 Å². The average Bonchev–Trinajstić information content (AvgIpc) is 2.86. The first-order chi connectivity index (χ1) is 11.0. The molecule has 1 aliphatic carbocycles. The third kappa shape index (κ3) is 4.12. The first-order valence-corrected chi connectivity index (χ1v) is 9.98. The topological polar surface area (TPSA) is 75.3 Å². The number of carbonyl (C=O) groups excluding carboxylic acids is 1. The molecule has 0 spiro atoms. The molecule has 0 bridgehead atoms. The quantitative estimate of drug-likeness (QED) is 0.833. The van der Waals surface area contributed by atoms with Gasteiger partial charge in [-0.25, -0.2) is 13.1 Å². The van der Waals surface area contributed by atoms with Crippen LogP contribution in [-0.4, -0.2) is 20.4 Å². The molecule has 2 N–H and O–H groups in total. The van der Waals surface area contributed by atoms with Gasteiger partial charge in [0.05, 0.1) is 4.90 Å². The Balaban J connectivity index is 1.79. The number of hydrogen-bond donors (Lipinski definition) is 2. The molecular formula is C17H24N2O3S. The van der Waals surface area contributed by atoms with Gasteiger partial charge >= 0.3 is 0 Å². The van der Waals surface area contributed by atoms with Crippen molar-refractivity contribution in [3.8, 4) is 0 Å². The Morgan fingerprint density at radius 3 is 2.48 bits per heavy atom. The SMILES string of the molecule is O=C1CCCc2cc(S(=O)(=O)NC3CCCCCC3)ccc2N1. The average molecular weight is 336 g/mol. The van der Waals surface area contributed by atoms with Crippen LogP contribution in [0.5, 0.6) is 0 Å². The van der Waals surface area contributed by atoms with Crippen LogP contribution in [0.25, 0.3) is 0 Å². The Hall–Kier alpha value is -1.40. The molecule has 5 nitrogen and oxygen atoms in total. The highest BCUT2D eigenvalue weighted by Crippen LogP contribution is 2.26. The Labute approximate surface area is 137 Å². The molecule has 1 fully saturated rings. The standard InChI is InChI=1S/C17H24N2O3S/c20-17-9-5-6-13-12-15(10-11-16(13)18-17)23(21,22)19-14-7-3-1-2-4-8-14/h10-12,14,19H,1-9H2,(H,18,20). The Morgan fingerprint density at radius 2 is 1.74 bits per heavy atom. The van der Waals surface area contributed by atoms with E-state index in [1.807, 2.05) is 0 Å². The summed E-state index contributed by atoms with van der Waals surface area (Å²) in [4.78, 5) is 11.9. The molecule has 6 heteroatoms. The van der Waals surface area contributed by atoms with Gasteiger partial charge in [-0.3, -0.25) is 4.79 Å². The summed E-state index contributed by atoms with van der Waals surface area (Å²) in [6.07, 6.45) is 8.34. The van der Waals surface area contributed by atoms with Gasteiger partial charge in [-0.15, -0.1) is 0 Å². The lowest BCUT2D eigenvalue weighted by Crippen LogP contribution is -2.34. The molecule has 23 heavy (non-hydrogen) atoms. The van der Waals surface area contributed by atoms with Gasteiger partial charge in [-0.2, -0.15) is 0 Å². The maximum absolute atomic E-state index is 12.7.